The lowest BCUT2D eigenvalue weighted by Gasteiger charge is -2.11. The van der Waals surface area contributed by atoms with E-state index in [9.17, 15) is 4.79 Å². The molecule has 0 heterocycles. The third-order valence-corrected chi connectivity index (χ3v) is 4.04. The van der Waals surface area contributed by atoms with Crippen LogP contribution in [-0.4, -0.2) is 13.0 Å². The Morgan fingerprint density at radius 3 is 2.75 bits per heavy atom. The summed E-state index contributed by atoms with van der Waals surface area (Å²) in [6.07, 6.45) is 0. The molecule has 0 aliphatic heterocycles. The number of hydrogen-bond acceptors (Lipinski definition) is 2. The summed E-state index contributed by atoms with van der Waals surface area (Å²) in [7, 11) is 1.56. The lowest BCUT2D eigenvalue weighted by molar-refractivity contribution is 0.102. The molecule has 2 aromatic carbocycles. The van der Waals surface area contributed by atoms with Crippen LogP contribution in [-0.2, 0) is 0 Å². The van der Waals surface area contributed by atoms with Crippen molar-refractivity contribution in [2.24, 2.45) is 0 Å². The molecular weight excluding hydrogens is 342 g/mol. The summed E-state index contributed by atoms with van der Waals surface area (Å²) in [4.78, 5) is 12.3. The molecule has 0 fully saturated rings. The van der Waals surface area contributed by atoms with Gasteiger partial charge in [0, 0.05) is 15.2 Å². The molecule has 1 N–H and O–H groups in total. The van der Waals surface area contributed by atoms with Crippen molar-refractivity contribution in [2.75, 3.05) is 12.4 Å². The number of amides is 1. The van der Waals surface area contributed by atoms with Crippen molar-refractivity contribution in [3.05, 3.63) is 57.0 Å². The van der Waals surface area contributed by atoms with Gasteiger partial charge in [0.15, 0.2) is 0 Å². The molecule has 0 spiro atoms. The van der Waals surface area contributed by atoms with Crippen molar-refractivity contribution in [2.45, 2.75) is 6.92 Å². The lowest BCUT2D eigenvalue weighted by atomic mass is 10.1. The number of halogens is 2. The van der Waals surface area contributed by atoms with E-state index in [-0.39, 0.29) is 5.91 Å². The Balaban J connectivity index is 2.30. The van der Waals surface area contributed by atoms with Gasteiger partial charge in [-0.2, -0.15) is 0 Å². The minimum atomic E-state index is -0.221. The van der Waals surface area contributed by atoms with Gasteiger partial charge in [-0.3, -0.25) is 4.79 Å². The number of carbonyl (C=O) groups excluding carboxylic acids is 1. The van der Waals surface area contributed by atoms with Crippen LogP contribution in [0.4, 0.5) is 5.69 Å². The Bertz CT molecular complexity index is 658. The average molecular weight is 355 g/mol. The normalized spacial score (nSPS) is 10.2. The molecule has 2 rings (SSSR count). The first-order valence-corrected chi connectivity index (χ1v) is 7.10. The summed E-state index contributed by atoms with van der Waals surface area (Å²) in [5.41, 5.74) is 2.03. The van der Waals surface area contributed by atoms with Gasteiger partial charge in [-0.15, -0.1) is 0 Å². The van der Waals surface area contributed by atoms with E-state index in [0.29, 0.717) is 26.5 Å². The maximum absolute atomic E-state index is 12.3. The molecule has 2 aromatic rings. The fourth-order valence-corrected chi connectivity index (χ4v) is 2.34. The van der Waals surface area contributed by atoms with Crippen LogP contribution in [0.15, 0.2) is 40.9 Å². The molecule has 3 nitrogen and oxygen atoms in total. The van der Waals surface area contributed by atoms with Gasteiger partial charge in [0.05, 0.1) is 12.7 Å². The molecule has 0 saturated heterocycles. The summed E-state index contributed by atoms with van der Waals surface area (Å²) >= 11 is 9.41. The third-order valence-electron chi connectivity index (χ3n) is 2.93. The standard InChI is InChI=1S/C15H13BrClNO2/c1-9-13(17)4-3-5-14(9)18-15(19)11-8-10(20-2)6-7-12(11)16/h3-8H,1-2H3,(H,18,19). The molecule has 1 amide bonds. The van der Waals surface area contributed by atoms with E-state index in [4.69, 9.17) is 16.3 Å². The fraction of sp³-hybridized carbons (Fsp3) is 0.133. The van der Waals surface area contributed by atoms with Gasteiger partial charge in [-0.05, 0) is 58.7 Å². The van der Waals surface area contributed by atoms with E-state index in [0.717, 1.165) is 5.56 Å². The van der Waals surface area contributed by atoms with Crippen LogP contribution in [0, 0.1) is 6.92 Å². The molecule has 0 bridgehead atoms. The Kier molecular flexibility index (Phi) is 4.68. The average Bonchev–Trinajstić information content (AvgIpc) is 2.44. The van der Waals surface area contributed by atoms with Crippen molar-refractivity contribution >= 4 is 39.1 Å². The van der Waals surface area contributed by atoms with E-state index < -0.39 is 0 Å². The van der Waals surface area contributed by atoms with E-state index in [1.165, 1.54) is 0 Å². The van der Waals surface area contributed by atoms with Crippen LogP contribution in [0.2, 0.25) is 5.02 Å². The summed E-state index contributed by atoms with van der Waals surface area (Å²) in [6.45, 7) is 1.86. The second-order valence-corrected chi connectivity index (χ2v) is 5.47. The number of anilines is 1. The van der Waals surface area contributed by atoms with Crippen LogP contribution in [0.25, 0.3) is 0 Å². The van der Waals surface area contributed by atoms with Crippen molar-refractivity contribution in [3.63, 3.8) is 0 Å². The first kappa shape index (κ1) is 14.9. The minimum Gasteiger partial charge on any atom is -0.497 e. The van der Waals surface area contributed by atoms with Crippen molar-refractivity contribution in [1.82, 2.24) is 0 Å². The smallest absolute Gasteiger partial charge is 0.256 e. The summed E-state index contributed by atoms with van der Waals surface area (Å²) < 4.78 is 5.84. The molecule has 0 radical (unpaired) electrons. The van der Waals surface area contributed by atoms with Crippen LogP contribution in [0.5, 0.6) is 5.75 Å². The van der Waals surface area contributed by atoms with Crippen molar-refractivity contribution in [3.8, 4) is 5.75 Å². The number of methoxy groups -OCH3 is 1. The molecule has 0 saturated carbocycles. The molecule has 0 aliphatic carbocycles. The van der Waals surface area contributed by atoms with E-state index in [1.807, 2.05) is 13.0 Å². The zero-order chi connectivity index (χ0) is 14.7. The predicted molar refractivity (Wildman–Crippen MR) is 84.8 cm³/mol. The summed E-state index contributed by atoms with van der Waals surface area (Å²) in [5.74, 6) is 0.405. The largest absolute Gasteiger partial charge is 0.497 e. The van der Waals surface area contributed by atoms with Gasteiger partial charge in [0.2, 0.25) is 0 Å². The van der Waals surface area contributed by atoms with Gasteiger partial charge in [-0.25, -0.2) is 0 Å². The van der Waals surface area contributed by atoms with Gasteiger partial charge in [0.1, 0.15) is 5.75 Å². The zero-order valence-corrected chi connectivity index (χ0v) is 13.4. The zero-order valence-electron chi connectivity index (χ0n) is 11.0. The van der Waals surface area contributed by atoms with Crippen molar-refractivity contribution in [1.29, 1.82) is 0 Å². The second kappa shape index (κ2) is 6.29. The molecule has 20 heavy (non-hydrogen) atoms. The maximum Gasteiger partial charge on any atom is 0.256 e. The minimum absolute atomic E-state index is 0.221. The highest BCUT2D eigenvalue weighted by Crippen LogP contribution is 2.26. The number of benzene rings is 2. The highest BCUT2D eigenvalue weighted by molar-refractivity contribution is 9.10. The van der Waals surface area contributed by atoms with Crippen LogP contribution < -0.4 is 10.1 Å². The Morgan fingerprint density at radius 1 is 1.30 bits per heavy atom. The Labute approximate surface area is 131 Å². The molecule has 0 aliphatic rings. The van der Waals surface area contributed by atoms with Gasteiger partial charge < -0.3 is 10.1 Å². The first-order valence-electron chi connectivity index (χ1n) is 5.93. The molecule has 0 atom stereocenters. The maximum atomic E-state index is 12.3. The molecule has 0 unspecified atom stereocenters. The second-order valence-electron chi connectivity index (χ2n) is 4.21. The number of rotatable bonds is 3. The third kappa shape index (κ3) is 3.14. The quantitative estimate of drug-likeness (QED) is 0.869. The SMILES string of the molecule is COc1ccc(Br)c(C(=O)Nc2cccc(Cl)c2C)c1. The summed E-state index contributed by atoms with van der Waals surface area (Å²) in [6, 6.07) is 10.6. The summed E-state index contributed by atoms with van der Waals surface area (Å²) in [5, 5.41) is 3.47. The molecule has 104 valence electrons. The first-order chi connectivity index (χ1) is 9.52. The van der Waals surface area contributed by atoms with Crippen LogP contribution in [0.3, 0.4) is 0 Å². The molecular formula is C15H13BrClNO2. The molecule has 5 heteroatoms. The van der Waals surface area contributed by atoms with E-state index in [2.05, 4.69) is 21.2 Å². The van der Waals surface area contributed by atoms with Crippen LogP contribution >= 0.6 is 27.5 Å². The topological polar surface area (TPSA) is 38.3 Å². The van der Waals surface area contributed by atoms with E-state index in [1.54, 1.807) is 37.4 Å². The number of nitrogens with one attached hydrogen (secondary N) is 1. The van der Waals surface area contributed by atoms with E-state index >= 15 is 0 Å². The number of ether oxygens (including phenoxy) is 1. The van der Waals surface area contributed by atoms with Crippen molar-refractivity contribution < 1.29 is 9.53 Å². The van der Waals surface area contributed by atoms with Gasteiger partial charge in [-0.1, -0.05) is 17.7 Å². The fourth-order valence-electron chi connectivity index (χ4n) is 1.74. The monoisotopic (exact) mass is 353 g/mol. The Hall–Kier alpha value is -1.52. The number of carbonyl (C=O) groups is 1. The lowest BCUT2D eigenvalue weighted by Crippen LogP contribution is -2.13. The predicted octanol–water partition coefficient (Wildman–Crippen LogP) is 4.67. The molecule has 0 aromatic heterocycles. The van der Waals surface area contributed by atoms with Gasteiger partial charge >= 0.3 is 0 Å². The van der Waals surface area contributed by atoms with Crippen LogP contribution in [0.1, 0.15) is 15.9 Å². The Morgan fingerprint density at radius 2 is 2.05 bits per heavy atom. The van der Waals surface area contributed by atoms with Gasteiger partial charge in [0.25, 0.3) is 5.91 Å². The highest BCUT2D eigenvalue weighted by Gasteiger charge is 2.13. The highest BCUT2D eigenvalue weighted by atomic mass is 79.9. The number of hydrogen-bond donors (Lipinski definition) is 1.